The number of hydrogen-bond donors (Lipinski definition) is 2. The lowest BCUT2D eigenvalue weighted by Crippen LogP contribution is -2.39. The molecule has 0 unspecified atom stereocenters. The number of benzene rings is 1. The zero-order chi connectivity index (χ0) is 16.2. The van der Waals surface area contributed by atoms with E-state index >= 15 is 0 Å². The van der Waals surface area contributed by atoms with Crippen molar-refractivity contribution in [3.8, 4) is 0 Å². The van der Waals surface area contributed by atoms with Crippen LogP contribution in [-0.4, -0.2) is 28.3 Å². The Kier molecular flexibility index (Phi) is 6.03. The second-order valence-corrected chi connectivity index (χ2v) is 6.32. The highest BCUT2D eigenvalue weighted by atomic mass is 35.5. The summed E-state index contributed by atoms with van der Waals surface area (Å²) in [6.45, 7) is 1.64. The maximum atomic E-state index is 12.7. The molecule has 0 saturated carbocycles. The van der Waals surface area contributed by atoms with Gasteiger partial charge in [-0.25, -0.2) is 4.79 Å². The van der Waals surface area contributed by atoms with Crippen molar-refractivity contribution >= 4 is 34.1 Å². The highest BCUT2D eigenvalue weighted by Crippen LogP contribution is 2.36. The Bertz CT molecular complexity index is 552. The molecule has 0 radical (unpaired) electrons. The van der Waals surface area contributed by atoms with Crippen molar-refractivity contribution in [2.75, 3.05) is 17.3 Å². The molecule has 2 N–H and O–H groups in total. The molecule has 0 spiro atoms. The van der Waals surface area contributed by atoms with Crippen molar-refractivity contribution < 1.29 is 22.2 Å². The molecule has 0 aliphatic heterocycles. The molecule has 118 valence electrons. The van der Waals surface area contributed by atoms with E-state index in [1.54, 1.807) is 6.92 Å². The third-order valence-electron chi connectivity index (χ3n) is 2.39. The summed E-state index contributed by atoms with van der Waals surface area (Å²) in [5, 5.41) is 4.31. The van der Waals surface area contributed by atoms with Crippen LogP contribution in [0.2, 0.25) is 5.02 Å². The third-order valence-corrected chi connectivity index (χ3v) is 3.69. The maximum absolute atomic E-state index is 12.7. The minimum atomic E-state index is -4.60. The first kappa shape index (κ1) is 17.8. The zero-order valence-corrected chi connectivity index (χ0v) is 12.8. The van der Waals surface area contributed by atoms with Crippen molar-refractivity contribution in [1.82, 2.24) is 5.32 Å². The van der Waals surface area contributed by atoms with Crippen LogP contribution in [0.3, 0.4) is 0 Å². The van der Waals surface area contributed by atoms with Gasteiger partial charge in [0.15, 0.2) is 0 Å². The second-order valence-electron chi connectivity index (χ2n) is 4.43. The molecule has 9 heteroatoms. The number of carbonyl (C=O) groups excluding carboxylic acids is 1. The first-order chi connectivity index (χ1) is 9.59. The van der Waals surface area contributed by atoms with Crippen LogP contribution in [0, 0.1) is 0 Å². The zero-order valence-electron chi connectivity index (χ0n) is 11.3. The van der Waals surface area contributed by atoms with Gasteiger partial charge in [0.1, 0.15) is 0 Å². The van der Waals surface area contributed by atoms with Gasteiger partial charge in [0.2, 0.25) is 0 Å². The minimum Gasteiger partial charge on any atom is -0.334 e. The van der Waals surface area contributed by atoms with E-state index in [4.69, 9.17) is 11.6 Å². The van der Waals surface area contributed by atoms with Gasteiger partial charge >= 0.3 is 12.2 Å². The molecule has 1 rings (SSSR count). The topological polar surface area (TPSA) is 58.2 Å². The van der Waals surface area contributed by atoms with Gasteiger partial charge in [0.25, 0.3) is 0 Å². The fraction of sp³-hybridized carbons (Fsp3) is 0.417. The fourth-order valence-corrected chi connectivity index (χ4v) is 2.62. The fourth-order valence-electron chi connectivity index (χ4n) is 1.60. The van der Waals surface area contributed by atoms with Gasteiger partial charge in [-0.2, -0.15) is 13.2 Å². The first-order valence-electron chi connectivity index (χ1n) is 5.84. The van der Waals surface area contributed by atoms with Crippen molar-refractivity contribution in [3.63, 3.8) is 0 Å². The van der Waals surface area contributed by atoms with Gasteiger partial charge in [0.05, 0.1) is 10.6 Å². The first-order valence-corrected chi connectivity index (χ1v) is 7.94. The molecule has 0 bridgehead atoms. The molecule has 0 aliphatic carbocycles. The summed E-state index contributed by atoms with van der Waals surface area (Å²) in [5.74, 6) is 0.252. The number of urea groups is 1. The van der Waals surface area contributed by atoms with Crippen molar-refractivity contribution in [2.45, 2.75) is 19.1 Å². The van der Waals surface area contributed by atoms with Gasteiger partial charge in [-0.3, -0.25) is 4.21 Å². The lowest BCUT2D eigenvalue weighted by Gasteiger charge is -2.15. The van der Waals surface area contributed by atoms with Crippen LogP contribution >= 0.6 is 11.6 Å². The van der Waals surface area contributed by atoms with Gasteiger partial charge in [-0.05, 0) is 25.1 Å². The van der Waals surface area contributed by atoms with Crippen LogP contribution in [0.4, 0.5) is 23.7 Å². The van der Waals surface area contributed by atoms with Crippen molar-refractivity contribution in [1.29, 1.82) is 0 Å². The van der Waals surface area contributed by atoms with Crippen LogP contribution in [0.25, 0.3) is 0 Å². The van der Waals surface area contributed by atoms with Crippen LogP contribution in [-0.2, 0) is 17.0 Å². The van der Waals surface area contributed by atoms with E-state index in [0.29, 0.717) is 0 Å². The molecule has 0 aromatic heterocycles. The normalized spacial score (nSPS) is 14.4. The SMILES string of the molecule is C[C@@H](C[S@](C)=O)NC(=O)Nc1ccc(Cl)c(C(F)(F)F)c1. The Labute approximate surface area is 127 Å². The van der Waals surface area contributed by atoms with Gasteiger partial charge in [-0.15, -0.1) is 0 Å². The smallest absolute Gasteiger partial charge is 0.334 e. The maximum Gasteiger partial charge on any atom is 0.417 e. The summed E-state index contributed by atoms with van der Waals surface area (Å²) in [7, 11) is -1.09. The van der Waals surface area contributed by atoms with Crippen LogP contribution in [0.1, 0.15) is 12.5 Å². The Morgan fingerprint density at radius 1 is 1.43 bits per heavy atom. The number of alkyl halides is 3. The Balaban J connectivity index is 2.75. The molecule has 1 aromatic rings. The van der Waals surface area contributed by atoms with E-state index in [2.05, 4.69) is 10.6 Å². The highest BCUT2D eigenvalue weighted by Gasteiger charge is 2.33. The summed E-state index contributed by atoms with van der Waals surface area (Å²) in [6.07, 6.45) is -3.11. The largest absolute Gasteiger partial charge is 0.417 e. The molecule has 2 atom stereocenters. The predicted molar refractivity (Wildman–Crippen MR) is 77.0 cm³/mol. The number of carbonyl (C=O) groups is 1. The lowest BCUT2D eigenvalue weighted by atomic mass is 10.2. The average Bonchev–Trinajstić information content (AvgIpc) is 2.28. The van der Waals surface area contributed by atoms with E-state index in [9.17, 15) is 22.2 Å². The van der Waals surface area contributed by atoms with Crippen molar-refractivity contribution in [3.05, 3.63) is 28.8 Å². The molecule has 1 aromatic carbocycles. The van der Waals surface area contributed by atoms with E-state index in [-0.39, 0.29) is 17.5 Å². The molecule has 0 saturated heterocycles. The average molecular weight is 343 g/mol. The standard InChI is InChI=1S/C12H14ClF3N2O2S/c1-7(6-21(2)20)17-11(19)18-8-3-4-10(13)9(5-8)12(14,15)16/h3-5,7H,6H2,1-2H3,(H2,17,18,19)/t7-,21-/m0/s1. The van der Waals surface area contributed by atoms with E-state index < -0.39 is 33.6 Å². The molecule has 21 heavy (non-hydrogen) atoms. The van der Waals surface area contributed by atoms with E-state index in [1.807, 2.05) is 0 Å². The van der Waals surface area contributed by atoms with Crippen LogP contribution < -0.4 is 10.6 Å². The number of halogens is 4. The molecular formula is C12H14ClF3N2O2S. The molecule has 0 fully saturated rings. The number of hydrogen-bond acceptors (Lipinski definition) is 2. The predicted octanol–water partition coefficient (Wildman–Crippen LogP) is 3.25. The minimum absolute atomic E-state index is 0.0333. The Morgan fingerprint density at radius 2 is 2.05 bits per heavy atom. The molecule has 0 heterocycles. The number of nitrogens with one attached hydrogen (secondary N) is 2. The summed E-state index contributed by atoms with van der Waals surface area (Å²) >= 11 is 5.48. The molecule has 4 nitrogen and oxygen atoms in total. The number of anilines is 1. The molecule has 2 amide bonds. The summed E-state index contributed by atoms with van der Waals surface area (Å²) in [4.78, 5) is 11.6. The second kappa shape index (κ2) is 7.13. The monoisotopic (exact) mass is 342 g/mol. The quantitative estimate of drug-likeness (QED) is 0.882. The number of rotatable bonds is 4. The summed E-state index contributed by atoms with van der Waals surface area (Å²) in [6, 6.07) is 2.03. The summed E-state index contributed by atoms with van der Waals surface area (Å²) < 4.78 is 49.0. The number of amides is 2. The summed E-state index contributed by atoms with van der Waals surface area (Å²) in [5.41, 5.74) is -1.06. The van der Waals surface area contributed by atoms with Gasteiger partial charge in [0, 0.05) is 34.5 Å². The van der Waals surface area contributed by atoms with Crippen LogP contribution in [0.5, 0.6) is 0 Å². The van der Waals surface area contributed by atoms with Gasteiger partial charge in [-0.1, -0.05) is 11.6 Å². The van der Waals surface area contributed by atoms with E-state index in [0.717, 1.165) is 12.1 Å². The van der Waals surface area contributed by atoms with Gasteiger partial charge < -0.3 is 10.6 Å². The highest BCUT2D eigenvalue weighted by molar-refractivity contribution is 7.84. The Hall–Kier alpha value is -1.28. The molecular weight excluding hydrogens is 329 g/mol. The lowest BCUT2D eigenvalue weighted by molar-refractivity contribution is -0.137. The molecule has 0 aliphatic rings. The third kappa shape index (κ3) is 5.92. The van der Waals surface area contributed by atoms with E-state index in [1.165, 1.54) is 12.3 Å². The van der Waals surface area contributed by atoms with Crippen LogP contribution in [0.15, 0.2) is 18.2 Å². The Morgan fingerprint density at radius 3 is 2.57 bits per heavy atom. The van der Waals surface area contributed by atoms with Crippen molar-refractivity contribution in [2.24, 2.45) is 0 Å².